The molecule has 0 aliphatic rings. The number of methoxy groups -OCH3 is 2. The van der Waals surface area contributed by atoms with Crippen LogP contribution in [0.25, 0.3) is 0 Å². The van der Waals surface area contributed by atoms with E-state index in [9.17, 15) is 0 Å². The van der Waals surface area contributed by atoms with E-state index < -0.39 is 0 Å². The molecule has 7 heteroatoms. The van der Waals surface area contributed by atoms with Gasteiger partial charge in [0.15, 0.2) is 5.96 Å². The van der Waals surface area contributed by atoms with Gasteiger partial charge in [0.25, 0.3) is 0 Å². The first-order chi connectivity index (χ1) is 11.3. The van der Waals surface area contributed by atoms with Gasteiger partial charge in [-0.25, -0.2) is 0 Å². The van der Waals surface area contributed by atoms with Gasteiger partial charge in [-0.3, -0.25) is 4.99 Å². The van der Waals surface area contributed by atoms with Gasteiger partial charge in [0.05, 0.1) is 20.3 Å². The lowest BCUT2D eigenvalue weighted by atomic mass is 10.1. The third-order valence-corrected chi connectivity index (χ3v) is 3.55. The Labute approximate surface area is 169 Å². The van der Waals surface area contributed by atoms with Crippen LogP contribution in [0.4, 0.5) is 0 Å². The maximum absolute atomic E-state index is 5.45. The summed E-state index contributed by atoms with van der Waals surface area (Å²) in [6, 6.07) is 5.80. The molecular formula is C18H33IN4O2. The van der Waals surface area contributed by atoms with Crippen LogP contribution < -0.4 is 25.4 Å². The monoisotopic (exact) mass is 464 g/mol. The molecule has 0 aromatic heterocycles. The summed E-state index contributed by atoms with van der Waals surface area (Å²) >= 11 is 0. The molecule has 6 nitrogen and oxygen atoms in total. The van der Waals surface area contributed by atoms with E-state index in [1.807, 2.05) is 18.2 Å². The van der Waals surface area contributed by atoms with Crippen LogP contribution in [-0.4, -0.2) is 45.9 Å². The molecule has 3 N–H and O–H groups in total. The molecule has 0 saturated heterocycles. The van der Waals surface area contributed by atoms with Crippen molar-refractivity contribution in [3.63, 3.8) is 0 Å². The summed E-state index contributed by atoms with van der Waals surface area (Å²) in [7, 11) is 5.09. The van der Waals surface area contributed by atoms with Crippen molar-refractivity contribution in [3.05, 3.63) is 23.8 Å². The zero-order valence-corrected chi connectivity index (χ0v) is 18.7. The molecule has 144 valence electrons. The van der Waals surface area contributed by atoms with Crippen LogP contribution in [0.15, 0.2) is 23.2 Å². The first kappa shape index (κ1) is 23.8. The van der Waals surface area contributed by atoms with Gasteiger partial charge in [-0.15, -0.1) is 24.0 Å². The number of ether oxygens (including phenoxy) is 2. The number of guanidine groups is 1. The minimum absolute atomic E-state index is 0. The van der Waals surface area contributed by atoms with Crippen molar-refractivity contribution in [2.75, 3.05) is 34.4 Å². The Bertz CT molecular complexity index is 544. The van der Waals surface area contributed by atoms with Gasteiger partial charge in [-0.05, 0) is 45.9 Å². The number of hydrogen-bond acceptors (Lipinski definition) is 4. The van der Waals surface area contributed by atoms with E-state index in [0.717, 1.165) is 36.1 Å². The standard InChI is InChI=1S/C18H32N4O2.HI/c1-13(15-12-14(23-6)8-9-16(15)24-7)22-17(19-5)20-10-11-21-18(2,3)4;/h8-9,12-13,21H,10-11H2,1-7H3,(H2,19,20,22);1H. The molecule has 1 aromatic carbocycles. The molecule has 0 heterocycles. The second-order valence-corrected chi connectivity index (χ2v) is 6.65. The average molecular weight is 464 g/mol. The summed E-state index contributed by atoms with van der Waals surface area (Å²) in [5.74, 6) is 2.38. The molecule has 1 atom stereocenters. The second kappa shape index (κ2) is 11.4. The largest absolute Gasteiger partial charge is 0.497 e. The zero-order valence-electron chi connectivity index (χ0n) is 16.4. The Balaban J connectivity index is 0.00000576. The van der Waals surface area contributed by atoms with Gasteiger partial charge in [-0.2, -0.15) is 0 Å². The van der Waals surface area contributed by atoms with Crippen molar-refractivity contribution in [2.45, 2.75) is 39.3 Å². The molecule has 0 aliphatic heterocycles. The number of halogens is 1. The van der Waals surface area contributed by atoms with Crippen LogP contribution in [-0.2, 0) is 0 Å². The summed E-state index contributed by atoms with van der Waals surface area (Å²) in [6.07, 6.45) is 0. The summed E-state index contributed by atoms with van der Waals surface area (Å²) in [5.41, 5.74) is 1.13. The van der Waals surface area contributed by atoms with E-state index in [0.29, 0.717) is 0 Å². The molecule has 0 radical (unpaired) electrons. The number of nitrogens with one attached hydrogen (secondary N) is 3. The Kier molecular flexibility index (Phi) is 10.8. The van der Waals surface area contributed by atoms with Gasteiger partial charge < -0.3 is 25.4 Å². The van der Waals surface area contributed by atoms with Crippen LogP contribution in [0.1, 0.15) is 39.3 Å². The van der Waals surface area contributed by atoms with Crippen molar-refractivity contribution in [2.24, 2.45) is 4.99 Å². The fourth-order valence-corrected chi connectivity index (χ4v) is 2.27. The number of aliphatic imine (C=N–C) groups is 1. The van der Waals surface area contributed by atoms with Crippen molar-refractivity contribution in [1.82, 2.24) is 16.0 Å². The van der Waals surface area contributed by atoms with Crippen LogP contribution in [0.2, 0.25) is 0 Å². The fraction of sp³-hybridized carbons (Fsp3) is 0.611. The zero-order chi connectivity index (χ0) is 18.2. The molecule has 0 spiro atoms. The number of nitrogens with zero attached hydrogens (tertiary/aromatic N) is 1. The highest BCUT2D eigenvalue weighted by atomic mass is 127. The normalized spacial score (nSPS) is 12.8. The lowest BCUT2D eigenvalue weighted by molar-refractivity contribution is 0.394. The lowest BCUT2D eigenvalue weighted by Gasteiger charge is -2.23. The summed E-state index contributed by atoms with van der Waals surface area (Å²) in [5, 5.41) is 10.1. The molecule has 0 amide bonds. The topological polar surface area (TPSA) is 66.9 Å². The molecular weight excluding hydrogens is 431 g/mol. The fourth-order valence-electron chi connectivity index (χ4n) is 2.27. The highest BCUT2D eigenvalue weighted by Gasteiger charge is 2.14. The van der Waals surface area contributed by atoms with E-state index in [-0.39, 0.29) is 35.6 Å². The molecule has 0 fully saturated rings. The third kappa shape index (κ3) is 8.62. The van der Waals surface area contributed by atoms with Gasteiger partial charge in [0.2, 0.25) is 0 Å². The van der Waals surface area contributed by atoms with Gasteiger partial charge in [-0.1, -0.05) is 0 Å². The number of rotatable bonds is 7. The first-order valence-electron chi connectivity index (χ1n) is 8.25. The Morgan fingerprint density at radius 2 is 1.84 bits per heavy atom. The Hall–Kier alpha value is -1.22. The molecule has 0 saturated carbocycles. The van der Waals surface area contributed by atoms with Crippen molar-refractivity contribution < 1.29 is 9.47 Å². The van der Waals surface area contributed by atoms with Crippen molar-refractivity contribution in [1.29, 1.82) is 0 Å². The average Bonchev–Trinajstić information content (AvgIpc) is 2.55. The lowest BCUT2D eigenvalue weighted by Crippen LogP contribution is -2.45. The van der Waals surface area contributed by atoms with Gasteiger partial charge in [0, 0.05) is 31.2 Å². The van der Waals surface area contributed by atoms with E-state index in [2.05, 4.69) is 48.6 Å². The smallest absolute Gasteiger partial charge is 0.191 e. The molecule has 1 unspecified atom stereocenters. The summed E-state index contributed by atoms with van der Waals surface area (Å²) < 4.78 is 10.8. The van der Waals surface area contributed by atoms with Crippen LogP contribution in [0, 0.1) is 0 Å². The van der Waals surface area contributed by atoms with Crippen LogP contribution in [0.5, 0.6) is 11.5 Å². The predicted octanol–water partition coefficient (Wildman–Crippen LogP) is 2.94. The maximum atomic E-state index is 5.45. The minimum atomic E-state index is 0. The number of hydrogen-bond donors (Lipinski definition) is 3. The number of benzene rings is 1. The van der Waals surface area contributed by atoms with Crippen LogP contribution in [0.3, 0.4) is 0 Å². The van der Waals surface area contributed by atoms with Crippen molar-refractivity contribution >= 4 is 29.9 Å². The second-order valence-electron chi connectivity index (χ2n) is 6.65. The third-order valence-electron chi connectivity index (χ3n) is 3.55. The van der Waals surface area contributed by atoms with Gasteiger partial charge >= 0.3 is 0 Å². The first-order valence-corrected chi connectivity index (χ1v) is 8.25. The van der Waals surface area contributed by atoms with E-state index in [1.54, 1.807) is 21.3 Å². The molecule has 0 bridgehead atoms. The van der Waals surface area contributed by atoms with E-state index >= 15 is 0 Å². The minimum Gasteiger partial charge on any atom is -0.497 e. The van der Waals surface area contributed by atoms with Crippen LogP contribution >= 0.6 is 24.0 Å². The predicted molar refractivity (Wildman–Crippen MR) is 116 cm³/mol. The Morgan fingerprint density at radius 1 is 1.16 bits per heavy atom. The van der Waals surface area contributed by atoms with E-state index in [4.69, 9.17) is 9.47 Å². The highest BCUT2D eigenvalue weighted by molar-refractivity contribution is 14.0. The summed E-state index contributed by atoms with van der Waals surface area (Å²) in [4.78, 5) is 4.28. The SMILES string of the molecule is CN=C(NCCNC(C)(C)C)NC(C)c1cc(OC)ccc1OC.I. The quantitative estimate of drug-likeness (QED) is 0.251. The molecule has 1 rings (SSSR count). The van der Waals surface area contributed by atoms with Crippen molar-refractivity contribution in [3.8, 4) is 11.5 Å². The Morgan fingerprint density at radius 3 is 2.36 bits per heavy atom. The maximum Gasteiger partial charge on any atom is 0.191 e. The molecule has 0 aliphatic carbocycles. The van der Waals surface area contributed by atoms with E-state index in [1.165, 1.54) is 0 Å². The summed E-state index contributed by atoms with van der Waals surface area (Å²) in [6.45, 7) is 10.2. The molecule has 1 aromatic rings. The van der Waals surface area contributed by atoms with Gasteiger partial charge in [0.1, 0.15) is 11.5 Å². The molecule has 25 heavy (non-hydrogen) atoms. The highest BCUT2D eigenvalue weighted by Crippen LogP contribution is 2.29.